The van der Waals surface area contributed by atoms with Gasteiger partial charge >= 0.3 is 0 Å². The molecule has 0 atom stereocenters. The second-order valence-corrected chi connectivity index (χ2v) is 5.13. The smallest absolute Gasteiger partial charge is 0.224 e. The molecule has 0 fully saturated rings. The van der Waals surface area contributed by atoms with Gasteiger partial charge in [0.15, 0.2) is 0 Å². The molecular formula is C14H20Cl2N2O3. The van der Waals surface area contributed by atoms with Gasteiger partial charge in [-0.25, -0.2) is 0 Å². The van der Waals surface area contributed by atoms with Crippen molar-refractivity contribution in [2.24, 2.45) is 0 Å². The molecule has 7 heteroatoms. The minimum atomic E-state index is -0.169. The fourth-order valence-corrected chi connectivity index (χ4v) is 2.21. The van der Waals surface area contributed by atoms with Crippen molar-refractivity contribution in [1.29, 1.82) is 0 Å². The molecule has 3 N–H and O–H groups in total. The highest BCUT2D eigenvalue weighted by molar-refractivity contribution is 6.40. The summed E-state index contributed by atoms with van der Waals surface area (Å²) in [6.07, 6.45) is 0.938. The van der Waals surface area contributed by atoms with Gasteiger partial charge < -0.3 is 20.5 Å². The number of halogens is 2. The van der Waals surface area contributed by atoms with Crippen molar-refractivity contribution < 1.29 is 14.3 Å². The largest absolute Gasteiger partial charge is 0.399 e. The van der Waals surface area contributed by atoms with Gasteiger partial charge in [-0.3, -0.25) is 4.79 Å². The average molecular weight is 335 g/mol. The Morgan fingerprint density at radius 1 is 1.19 bits per heavy atom. The summed E-state index contributed by atoms with van der Waals surface area (Å²) in [6, 6.07) is 3.08. The Hall–Kier alpha value is -1.01. The van der Waals surface area contributed by atoms with E-state index < -0.39 is 0 Å². The molecule has 0 radical (unpaired) electrons. The van der Waals surface area contributed by atoms with E-state index in [4.69, 9.17) is 38.4 Å². The summed E-state index contributed by atoms with van der Waals surface area (Å²) in [7, 11) is 0. The lowest BCUT2D eigenvalue weighted by molar-refractivity contribution is -0.116. The van der Waals surface area contributed by atoms with E-state index in [1.165, 1.54) is 0 Å². The second kappa shape index (κ2) is 9.84. The fraction of sp³-hybridized carbons (Fsp3) is 0.500. The van der Waals surface area contributed by atoms with Crippen LogP contribution in [0.3, 0.4) is 0 Å². The molecule has 0 saturated heterocycles. The number of anilines is 2. The Bertz CT molecular complexity index is 447. The first-order valence-electron chi connectivity index (χ1n) is 6.74. The Kier molecular flexibility index (Phi) is 8.45. The third-order valence-electron chi connectivity index (χ3n) is 2.60. The lowest BCUT2D eigenvalue weighted by atomic mass is 10.2. The van der Waals surface area contributed by atoms with Crippen LogP contribution in [-0.4, -0.2) is 32.3 Å². The van der Waals surface area contributed by atoms with Crippen molar-refractivity contribution in [1.82, 2.24) is 0 Å². The van der Waals surface area contributed by atoms with Gasteiger partial charge in [0.2, 0.25) is 5.91 Å². The zero-order valence-corrected chi connectivity index (χ0v) is 13.5. The third-order valence-corrected chi connectivity index (χ3v) is 3.19. The standard InChI is InChI=1S/C14H20Cl2N2O3/c1-2-20-6-7-21-5-3-4-13(19)18-14-11(15)8-10(17)9-12(14)16/h8-9H,2-7,17H2,1H3,(H,18,19). The Morgan fingerprint density at radius 2 is 1.81 bits per heavy atom. The monoisotopic (exact) mass is 334 g/mol. The third kappa shape index (κ3) is 7.00. The van der Waals surface area contributed by atoms with E-state index in [1.807, 2.05) is 6.92 Å². The number of nitrogens with two attached hydrogens (primary N) is 1. The topological polar surface area (TPSA) is 73.6 Å². The summed E-state index contributed by atoms with van der Waals surface area (Å²) < 4.78 is 10.5. The molecule has 0 saturated carbocycles. The minimum Gasteiger partial charge on any atom is -0.399 e. The van der Waals surface area contributed by atoms with Gasteiger partial charge in [0.25, 0.3) is 0 Å². The quantitative estimate of drug-likeness (QED) is 0.536. The van der Waals surface area contributed by atoms with Crippen LogP contribution < -0.4 is 11.1 Å². The van der Waals surface area contributed by atoms with E-state index in [-0.39, 0.29) is 5.91 Å². The van der Waals surface area contributed by atoms with E-state index in [0.717, 1.165) is 0 Å². The zero-order chi connectivity index (χ0) is 15.7. The van der Waals surface area contributed by atoms with Crippen LogP contribution in [0.4, 0.5) is 11.4 Å². The average Bonchev–Trinajstić information content (AvgIpc) is 2.42. The van der Waals surface area contributed by atoms with Crippen molar-refractivity contribution in [3.63, 3.8) is 0 Å². The highest BCUT2D eigenvalue weighted by Crippen LogP contribution is 2.32. The van der Waals surface area contributed by atoms with Gasteiger partial charge in [0, 0.05) is 25.3 Å². The maximum atomic E-state index is 11.8. The summed E-state index contributed by atoms with van der Waals surface area (Å²) in [4.78, 5) is 11.8. The summed E-state index contributed by atoms with van der Waals surface area (Å²) in [5.41, 5.74) is 6.43. The minimum absolute atomic E-state index is 0.169. The Balaban J connectivity index is 2.28. The molecule has 0 aliphatic heterocycles. The fourth-order valence-electron chi connectivity index (χ4n) is 1.61. The van der Waals surface area contributed by atoms with Gasteiger partial charge in [-0.2, -0.15) is 0 Å². The first-order chi connectivity index (χ1) is 10.0. The molecule has 0 aromatic heterocycles. The number of amides is 1. The van der Waals surface area contributed by atoms with E-state index in [9.17, 15) is 4.79 Å². The highest BCUT2D eigenvalue weighted by atomic mass is 35.5. The summed E-state index contributed by atoms with van der Waals surface area (Å²) in [5.74, 6) is -0.169. The first-order valence-corrected chi connectivity index (χ1v) is 7.50. The molecule has 0 bridgehead atoms. The molecule has 0 unspecified atom stereocenters. The van der Waals surface area contributed by atoms with Crippen LogP contribution in [0.15, 0.2) is 12.1 Å². The number of carbonyl (C=O) groups is 1. The van der Waals surface area contributed by atoms with Crippen LogP contribution in [0.1, 0.15) is 19.8 Å². The summed E-state index contributed by atoms with van der Waals surface area (Å²) in [6.45, 7) is 4.21. The maximum absolute atomic E-state index is 11.8. The normalized spacial score (nSPS) is 10.6. The van der Waals surface area contributed by atoms with Crippen LogP contribution in [0.2, 0.25) is 10.0 Å². The van der Waals surface area contributed by atoms with E-state index in [2.05, 4.69) is 5.32 Å². The predicted octanol–water partition coefficient (Wildman–Crippen LogP) is 3.35. The molecule has 118 valence electrons. The molecule has 1 amide bonds. The molecule has 0 spiro atoms. The van der Waals surface area contributed by atoms with Crippen molar-refractivity contribution in [3.8, 4) is 0 Å². The number of hydrogen-bond donors (Lipinski definition) is 2. The van der Waals surface area contributed by atoms with Crippen molar-refractivity contribution >= 4 is 40.5 Å². The molecule has 0 aliphatic carbocycles. The lowest BCUT2D eigenvalue weighted by Crippen LogP contribution is -2.13. The molecule has 5 nitrogen and oxygen atoms in total. The van der Waals surface area contributed by atoms with E-state index >= 15 is 0 Å². The van der Waals surface area contributed by atoms with E-state index in [1.54, 1.807) is 12.1 Å². The zero-order valence-electron chi connectivity index (χ0n) is 12.0. The molecule has 1 rings (SSSR count). The number of carbonyl (C=O) groups excluding carboxylic acids is 1. The Labute approximate surface area is 134 Å². The van der Waals surface area contributed by atoms with E-state index in [0.29, 0.717) is 60.7 Å². The summed E-state index contributed by atoms with van der Waals surface area (Å²) >= 11 is 12.0. The van der Waals surface area contributed by atoms with Gasteiger partial charge in [-0.15, -0.1) is 0 Å². The molecule has 21 heavy (non-hydrogen) atoms. The lowest BCUT2D eigenvalue weighted by Gasteiger charge is -2.10. The molecule has 1 aromatic rings. The maximum Gasteiger partial charge on any atom is 0.224 e. The Morgan fingerprint density at radius 3 is 2.43 bits per heavy atom. The molecule has 1 aromatic carbocycles. The highest BCUT2D eigenvalue weighted by Gasteiger charge is 2.10. The van der Waals surface area contributed by atoms with Crippen LogP contribution >= 0.6 is 23.2 Å². The van der Waals surface area contributed by atoms with Crippen LogP contribution in [0, 0.1) is 0 Å². The van der Waals surface area contributed by atoms with Crippen LogP contribution in [-0.2, 0) is 14.3 Å². The number of ether oxygens (including phenoxy) is 2. The number of nitrogen functional groups attached to an aromatic ring is 1. The van der Waals surface area contributed by atoms with Gasteiger partial charge in [0.05, 0.1) is 28.9 Å². The number of hydrogen-bond acceptors (Lipinski definition) is 4. The number of nitrogens with one attached hydrogen (secondary N) is 1. The molecular weight excluding hydrogens is 315 g/mol. The second-order valence-electron chi connectivity index (χ2n) is 4.32. The first kappa shape index (κ1) is 18.0. The molecule has 0 aliphatic rings. The molecule has 0 heterocycles. The van der Waals surface area contributed by atoms with Crippen LogP contribution in [0.25, 0.3) is 0 Å². The predicted molar refractivity (Wildman–Crippen MR) is 86.1 cm³/mol. The SMILES string of the molecule is CCOCCOCCCC(=O)Nc1c(Cl)cc(N)cc1Cl. The number of rotatable bonds is 9. The number of benzene rings is 1. The summed E-state index contributed by atoms with van der Waals surface area (Å²) in [5, 5.41) is 3.32. The van der Waals surface area contributed by atoms with Crippen molar-refractivity contribution in [2.45, 2.75) is 19.8 Å². The van der Waals surface area contributed by atoms with Gasteiger partial charge in [-0.1, -0.05) is 23.2 Å². The van der Waals surface area contributed by atoms with Crippen molar-refractivity contribution in [2.75, 3.05) is 37.5 Å². The van der Waals surface area contributed by atoms with Crippen LogP contribution in [0.5, 0.6) is 0 Å². The van der Waals surface area contributed by atoms with Gasteiger partial charge in [-0.05, 0) is 25.5 Å². The van der Waals surface area contributed by atoms with Crippen molar-refractivity contribution in [3.05, 3.63) is 22.2 Å². The van der Waals surface area contributed by atoms with Gasteiger partial charge in [0.1, 0.15) is 0 Å².